The van der Waals surface area contributed by atoms with Gasteiger partial charge in [-0.05, 0) is 30.2 Å². The number of aromatic nitrogens is 2. The monoisotopic (exact) mass is 339 g/mol. The zero-order valence-electron chi connectivity index (χ0n) is 11.1. The van der Waals surface area contributed by atoms with Crippen molar-refractivity contribution in [2.24, 2.45) is 5.92 Å². The van der Waals surface area contributed by atoms with E-state index in [0.29, 0.717) is 5.92 Å². The third-order valence-electron chi connectivity index (χ3n) is 2.58. The van der Waals surface area contributed by atoms with Crippen molar-refractivity contribution in [3.8, 4) is 0 Å². The zero-order chi connectivity index (χ0) is 13.7. The fourth-order valence-electron chi connectivity index (χ4n) is 1.68. The van der Waals surface area contributed by atoms with Gasteiger partial charge >= 0.3 is 0 Å². The molecule has 0 saturated heterocycles. The Morgan fingerprint density at radius 3 is 2.95 bits per heavy atom. The quantitative estimate of drug-likeness (QED) is 0.833. The van der Waals surface area contributed by atoms with Crippen LogP contribution in [0.2, 0.25) is 0 Å². The molecule has 102 valence electrons. The van der Waals surface area contributed by atoms with Crippen LogP contribution in [-0.2, 0) is 6.54 Å². The molecule has 0 aliphatic heterocycles. The highest BCUT2D eigenvalue weighted by molar-refractivity contribution is 9.10. The average molecular weight is 340 g/mol. The Morgan fingerprint density at radius 1 is 1.42 bits per heavy atom. The Kier molecular flexibility index (Phi) is 5.48. The van der Waals surface area contributed by atoms with Gasteiger partial charge in [0.1, 0.15) is 0 Å². The predicted octanol–water partition coefficient (Wildman–Crippen LogP) is 4.07. The summed E-state index contributed by atoms with van der Waals surface area (Å²) >= 11 is 5.18. The molecule has 2 rings (SSSR count). The maximum absolute atomic E-state index is 4.26. The molecule has 0 amide bonds. The van der Waals surface area contributed by atoms with Crippen molar-refractivity contribution in [2.75, 3.05) is 6.54 Å². The molecule has 3 nitrogen and oxygen atoms in total. The molecule has 1 heterocycles. The molecule has 1 aromatic carbocycles. The van der Waals surface area contributed by atoms with Gasteiger partial charge in [0.15, 0.2) is 5.16 Å². The lowest BCUT2D eigenvalue weighted by atomic mass is 10.2. The van der Waals surface area contributed by atoms with Gasteiger partial charge in [0.2, 0.25) is 0 Å². The summed E-state index contributed by atoms with van der Waals surface area (Å²) in [4.78, 5) is 8.61. The number of aromatic amines is 1. The number of imidazole rings is 1. The standard InChI is InChI=1S/C14H18BrN3S/c1-10(2)8-16-9-11-3-4-12(15)7-13(11)19-14-17-5-6-18-14/h3-7,10,16H,8-9H2,1-2H3,(H,17,18). The maximum atomic E-state index is 4.26. The summed E-state index contributed by atoms with van der Waals surface area (Å²) in [5.74, 6) is 0.664. The van der Waals surface area contributed by atoms with Crippen molar-refractivity contribution in [1.82, 2.24) is 15.3 Å². The molecule has 0 fully saturated rings. The molecular formula is C14H18BrN3S. The second-order valence-corrected chi connectivity index (χ2v) is 6.72. The summed E-state index contributed by atoms with van der Waals surface area (Å²) in [6.45, 7) is 6.34. The van der Waals surface area contributed by atoms with E-state index in [0.717, 1.165) is 22.7 Å². The molecule has 0 aliphatic rings. The van der Waals surface area contributed by atoms with Gasteiger partial charge in [0, 0.05) is 28.3 Å². The lowest BCUT2D eigenvalue weighted by Gasteiger charge is -2.11. The molecular weight excluding hydrogens is 322 g/mol. The Morgan fingerprint density at radius 2 is 2.26 bits per heavy atom. The third kappa shape index (κ3) is 4.67. The van der Waals surface area contributed by atoms with Crippen molar-refractivity contribution < 1.29 is 0 Å². The SMILES string of the molecule is CC(C)CNCc1ccc(Br)cc1Sc1ncc[nH]1. The van der Waals surface area contributed by atoms with E-state index in [4.69, 9.17) is 0 Å². The van der Waals surface area contributed by atoms with Crippen LogP contribution in [0.25, 0.3) is 0 Å². The molecule has 0 aliphatic carbocycles. The van der Waals surface area contributed by atoms with E-state index in [1.807, 2.05) is 6.20 Å². The van der Waals surface area contributed by atoms with Crippen molar-refractivity contribution in [2.45, 2.75) is 30.4 Å². The number of halogens is 1. The second-order valence-electron chi connectivity index (χ2n) is 4.77. The van der Waals surface area contributed by atoms with Gasteiger partial charge in [-0.25, -0.2) is 4.98 Å². The molecule has 2 N–H and O–H groups in total. The Balaban J connectivity index is 2.09. The highest BCUT2D eigenvalue weighted by atomic mass is 79.9. The van der Waals surface area contributed by atoms with Crippen LogP contribution in [0, 0.1) is 5.92 Å². The van der Waals surface area contributed by atoms with Crippen LogP contribution in [0.3, 0.4) is 0 Å². The normalized spacial score (nSPS) is 11.2. The lowest BCUT2D eigenvalue weighted by Crippen LogP contribution is -2.19. The largest absolute Gasteiger partial charge is 0.339 e. The molecule has 0 spiro atoms. The highest BCUT2D eigenvalue weighted by Crippen LogP contribution is 2.30. The summed E-state index contributed by atoms with van der Waals surface area (Å²) < 4.78 is 1.09. The molecule has 0 radical (unpaired) electrons. The van der Waals surface area contributed by atoms with Crippen LogP contribution in [-0.4, -0.2) is 16.5 Å². The summed E-state index contributed by atoms with van der Waals surface area (Å²) in [6, 6.07) is 6.38. The highest BCUT2D eigenvalue weighted by Gasteiger charge is 2.07. The van der Waals surface area contributed by atoms with Gasteiger partial charge < -0.3 is 10.3 Å². The number of nitrogens with zero attached hydrogens (tertiary/aromatic N) is 1. The predicted molar refractivity (Wildman–Crippen MR) is 83.4 cm³/mol. The van der Waals surface area contributed by atoms with Crippen LogP contribution >= 0.6 is 27.7 Å². The number of rotatable bonds is 6. The van der Waals surface area contributed by atoms with Crippen LogP contribution in [0.5, 0.6) is 0 Å². The Bertz CT molecular complexity index is 511. The minimum Gasteiger partial charge on any atom is -0.339 e. The molecule has 0 bridgehead atoms. The molecule has 1 aromatic heterocycles. The smallest absolute Gasteiger partial charge is 0.170 e. The van der Waals surface area contributed by atoms with E-state index in [9.17, 15) is 0 Å². The fraction of sp³-hybridized carbons (Fsp3) is 0.357. The van der Waals surface area contributed by atoms with Crippen LogP contribution in [0.1, 0.15) is 19.4 Å². The molecule has 0 atom stereocenters. The Hall–Kier alpha value is -0.780. The minimum absolute atomic E-state index is 0.664. The van der Waals surface area contributed by atoms with E-state index in [1.165, 1.54) is 10.5 Å². The molecule has 19 heavy (non-hydrogen) atoms. The zero-order valence-corrected chi connectivity index (χ0v) is 13.5. The van der Waals surface area contributed by atoms with E-state index in [2.05, 4.69) is 63.3 Å². The van der Waals surface area contributed by atoms with Crippen molar-refractivity contribution in [1.29, 1.82) is 0 Å². The van der Waals surface area contributed by atoms with E-state index in [1.54, 1.807) is 18.0 Å². The van der Waals surface area contributed by atoms with Gasteiger partial charge in [-0.15, -0.1) is 0 Å². The first-order chi connectivity index (χ1) is 9.15. The average Bonchev–Trinajstić information content (AvgIpc) is 2.84. The fourth-order valence-corrected chi connectivity index (χ4v) is 3.09. The summed E-state index contributed by atoms with van der Waals surface area (Å²) in [5, 5.41) is 4.40. The van der Waals surface area contributed by atoms with Gasteiger partial charge in [-0.2, -0.15) is 0 Å². The Labute approximate surface area is 126 Å². The van der Waals surface area contributed by atoms with Crippen LogP contribution in [0.4, 0.5) is 0 Å². The number of hydrogen-bond donors (Lipinski definition) is 2. The van der Waals surface area contributed by atoms with Gasteiger partial charge in [-0.1, -0.05) is 47.6 Å². The summed E-state index contributed by atoms with van der Waals surface area (Å²) in [6.07, 6.45) is 3.62. The first kappa shape index (κ1) is 14.6. The summed E-state index contributed by atoms with van der Waals surface area (Å²) in [7, 11) is 0. The first-order valence-corrected chi connectivity index (χ1v) is 7.92. The van der Waals surface area contributed by atoms with Gasteiger partial charge in [-0.3, -0.25) is 0 Å². The molecule has 0 unspecified atom stereocenters. The first-order valence-electron chi connectivity index (χ1n) is 6.31. The van der Waals surface area contributed by atoms with Crippen molar-refractivity contribution in [3.63, 3.8) is 0 Å². The minimum atomic E-state index is 0.664. The lowest BCUT2D eigenvalue weighted by molar-refractivity contribution is 0.550. The number of H-pyrrole nitrogens is 1. The topological polar surface area (TPSA) is 40.7 Å². The van der Waals surface area contributed by atoms with Gasteiger partial charge in [0.25, 0.3) is 0 Å². The maximum Gasteiger partial charge on any atom is 0.170 e. The van der Waals surface area contributed by atoms with Crippen LogP contribution < -0.4 is 5.32 Å². The third-order valence-corrected chi connectivity index (χ3v) is 4.09. The van der Waals surface area contributed by atoms with E-state index < -0.39 is 0 Å². The van der Waals surface area contributed by atoms with Gasteiger partial charge in [0.05, 0.1) is 0 Å². The van der Waals surface area contributed by atoms with Crippen LogP contribution in [0.15, 0.2) is 45.1 Å². The summed E-state index contributed by atoms with van der Waals surface area (Å²) in [5.41, 5.74) is 1.30. The second kappa shape index (κ2) is 7.12. The number of benzene rings is 1. The van der Waals surface area contributed by atoms with E-state index in [-0.39, 0.29) is 0 Å². The van der Waals surface area contributed by atoms with Crippen molar-refractivity contribution in [3.05, 3.63) is 40.6 Å². The molecule has 0 saturated carbocycles. The number of nitrogens with one attached hydrogen (secondary N) is 2. The molecule has 2 aromatic rings. The van der Waals surface area contributed by atoms with Crippen molar-refractivity contribution >= 4 is 27.7 Å². The molecule has 5 heteroatoms. The van der Waals surface area contributed by atoms with E-state index >= 15 is 0 Å². The number of hydrogen-bond acceptors (Lipinski definition) is 3.